The van der Waals surface area contributed by atoms with Crippen molar-refractivity contribution in [2.24, 2.45) is 0 Å². The molecule has 1 aliphatic carbocycles. The smallest absolute Gasteiger partial charge is 0.0791 e. The Kier molecular flexibility index (Phi) is 3.50. The molecular weight excluding hydrogens is 274 g/mol. The van der Waals surface area contributed by atoms with E-state index in [2.05, 4.69) is 32.7 Å². The topological polar surface area (TPSA) is 32.3 Å². The Morgan fingerprint density at radius 2 is 2.40 bits per heavy atom. The Labute approximate surface area is 103 Å². The Hall–Kier alpha value is 0.1000. The van der Waals surface area contributed by atoms with Crippen molar-refractivity contribution in [2.75, 3.05) is 6.54 Å². The summed E-state index contributed by atoms with van der Waals surface area (Å²) in [5.41, 5.74) is -0.632. The quantitative estimate of drug-likeness (QED) is 0.873. The highest BCUT2D eigenvalue weighted by Gasteiger charge is 2.27. The molecular formula is C11H16BrNOS. The SMILES string of the molecule is CC(O)(CNC1CC1)Cc1cc(Br)cs1. The van der Waals surface area contributed by atoms with E-state index in [0.717, 1.165) is 10.9 Å². The summed E-state index contributed by atoms with van der Waals surface area (Å²) < 4.78 is 1.11. The summed E-state index contributed by atoms with van der Waals surface area (Å²) >= 11 is 5.12. The van der Waals surface area contributed by atoms with E-state index < -0.39 is 5.60 Å². The van der Waals surface area contributed by atoms with Gasteiger partial charge in [-0.2, -0.15) is 0 Å². The molecule has 84 valence electrons. The molecule has 2 rings (SSSR count). The van der Waals surface area contributed by atoms with Crippen LogP contribution in [0.5, 0.6) is 0 Å². The maximum absolute atomic E-state index is 10.2. The first-order valence-corrected chi connectivity index (χ1v) is 6.91. The average Bonchev–Trinajstić information content (AvgIpc) is 2.88. The van der Waals surface area contributed by atoms with E-state index in [1.54, 1.807) is 11.3 Å². The van der Waals surface area contributed by atoms with Crippen LogP contribution in [0.2, 0.25) is 0 Å². The number of nitrogens with one attached hydrogen (secondary N) is 1. The van der Waals surface area contributed by atoms with Crippen LogP contribution in [-0.4, -0.2) is 23.3 Å². The van der Waals surface area contributed by atoms with Gasteiger partial charge in [-0.15, -0.1) is 11.3 Å². The van der Waals surface area contributed by atoms with Gasteiger partial charge in [-0.05, 0) is 41.8 Å². The number of hydrogen-bond acceptors (Lipinski definition) is 3. The third-order valence-electron chi connectivity index (χ3n) is 2.53. The maximum Gasteiger partial charge on any atom is 0.0791 e. The summed E-state index contributed by atoms with van der Waals surface area (Å²) in [6.07, 6.45) is 3.25. The third-order valence-corrected chi connectivity index (χ3v) is 4.22. The van der Waals surface area contributed by atoms with Crippen molar-refractivity contribution in [1.29, 1.82) is 0 Å². The van der Waals surface area contributed by atoms with E-state index in [-0.39, 0.29) is 0 Å². The van der Waals surface area contributed by atoms with Crippen LogP contribution in [0, 0.1) is 0 Å². The lowest BCUT2D eigenvalue weighted by Gasteiger charge is -2.23. The summed E-state index contributed by atoms with van der Waals surface area (Å²) in [6, 6.07) is 2.74. The van der Waals surface area contributed by atoms with E-state index >= 15 is 0 Å². The van der Waals surface area contributed by atoms with Crippen molar-refractivity contribution < 1.29 is 5.11 Å². The molecule has 0 saturated heterocycles. The molecule has 1 atom stereocenters. The van der Waals surface area contributed by atoms with E-state index in [4.69, 9.17) is 0 Å². The van der Waals surface area contributed by atoms with E-state index in [1.165, 1.54) is 17.7 Å². The molecule has 0 amide bonds. The standard InChI is InChI=1S/C11H16BrNOS/c1-11(14,7-13-9-2-3-9)5-10-4-8(12)6-15-10/h4,6,9,13-14H,2-3,5,7H2,1H3. The summed E-state index contributed by atoms with van der Waals surface area (Å²) in [6.45, 7) is 2.59. The second kappa shape index (κ2) is 4.53. The van der Waals surface area contributed by atoms with Crippen LogP contribution < -0.4 is 5.32 Å². The number of rotatable bonds is 5. The molecule has 0 bridgehead atoms. The molecule has 1 saturated carbocycles. The van der Waals surface area contributed by atoms with Crippen molar-refractivity contribution in [2.45, 2.75) is 37.8 Å². The summed E-state index contributed by atoms with van der Waals surface area (Å²) in [5, 5.41) is 15.6. The summed E-state index contributed by atoms with van der Waals surface area (Å²) in [7, 11) is 0. The van der Waals surface area contributed by atoms with Gasteiger partial charge in [0.15, 0.2) is 0 Å². The van der Waals surface area contributed by atoms with Crippen molar-refractivity contribution in [3.63, 3.8) is 0 Å². The van der Waals surface area contributed by atoms with Gasteiger partial charge in [-0.25, -0.2) is 0 Å². The fourth-order valence-electron chi connectivity index (χ4n) is 1.54. The second-order valence-corrected chi connectivity index (χ2v) is 6.47. The summed E-state index contributed by atoms with van der Waals surface area (Å²) in [4.78, 5) is 1.23. The van der Waals surface area contributed by atoms with Gasteiger partial charge in [0.25, 0.3) is 0 Å². The van der Waals surface area contributed by atoms with Crippen LogP contribution in [0.15, 0.2) is 15.9 Å². The highest BCUT2D eigenvalue weighted by atomic mass is 79.9. The van der Waals surface area contributed by atoms with Crippen LogP contribution >= 0.6 is 27.3 Å². The van der Waals surface area contributed by atoms with Gasteiger partial charge >= 0.3 is 0 Å². The molecule has 15 heavy (non-hydrogen) atoms. The minimum absolute atomic E-state index is 0.632. The van der Waals surface area contributed by atoms with Crippen LogP contribution in [0.25, 0.3) is 0 Å². The molecule has 4 heteroatoms. The van der Waals surface area contributed by atoms with E-state index in [0.29, 0.717) is 12.6 Å². The molecule has 2 nitrogen and oxygen atoms in total. The zero-order chi connectivity index (χ0) is 10.9. The first-order chi connectivity index (χ1) is 7.05. The number of hydrogen-bond donors (Lipinski definition) is 2. The zero-order valence-corrected chi connectivity index (χ0v) is 11.2. The van der Waals surface area contributed by atoms with Crippen LogP contribution in [-0.2, 0) is 6.42 Å². The highest BCUT2D eigenvalue weighted by molar-refractivity contribution is 9.10. The fourth-order valence-corrected chi connectivity index (χ4v) is 3.17. The third kappa shape index (κ3) is 3.87. The number of thiophene rings is 1. The minimum Gasteiger partial charge on any atom is -0.388 e. The Bertz CT molecular complexity index is 333. The van der Waals surface area contributed by atoms with Crippen LogP contribution in [0.4, 0.5) is 0 Å². The predicted octanol–water partition coefficient (Wildman–Crippen LogP) is 2.56. The lowest BCUT2D eigenvalue weighted by atomic mass is 10.0. The van der Waals surface area contributed by atoms with Crippen LogP contribution in [0.1, 0.15) is 24.6 Å². The van der Waals surface area contributed by atoms with Gasteiger partial charge in [0.2, 0.25) is 0 Å². The van der Waals surface area contributed by atoms with Gasteiger partial charge in [0, 0.05) is 33.7 Å². The molecule has 0 aliphatic heterocycles. The molecule has 1 aliphatic rings. The highest BCUT2D eigenvalue weighted by Crippen LogP contribution is 2.25. The van der Waals surface area contributed by atoms with Crippen molar-refractivity contribution in [3.05, 3.63) is 20.8 Å². The van der Waals surface area contributed by atoms with Crippen molar-refractivity contribution >= 4 is 27.3 Å². The molecule has 1 unspecified atom stereocenters. The summed E-state index contributed by atoms with van der Waals surface area (Å²) in [5.74, 6) is 0. The average molecular weight is 290 g/mol. The monoisotopic (exact) mass is 289 g/mol. The van der Waals surface area contributed by atoms with Crippen molar-refractivity contribution in [1.82, 2.24) is 5.32 Å². The van der Waals surface area contributed by atoms with Crippen LogP contribution in [0.3, 0.4) is 0 Å². The first kappa shape index (κ1) is 11.6. The number of halogens is 1. The second-order valence-electron chi connectivity index (χ2n) is 4.56. The fraction of sp³-hybridized carbons (Fsp3) is 0.636. The van der Waals surface area contributed by atoms with Gasteiger partial charge < -0.3 is 10.4 Å². The van der Waals surface area contributed by atoms with Crippen molar-refractivity contribution in [3.8, 4) is 0 Å². The molecule has 1 aromatic rings. The van der Waals surface area contributed by atoms with E-state index in [1.807, 2.05) is 6.92 Å². The van der Waals surface area contributed by atoms with E-state index in [9.17, 15) is 5.11 Å². The Morgan fingerprint density at radius 1 is 1.67 bits per heavy atom. The number of aliphatic hydroxyl groups is 1. The molecule has 0 radical (unpaired) electrons. The normalized spacial score (nSPS) is 20.2. The Morgan fingerprint density at radius 3 is 2.93 bits per heavy atom. The maximum atomic E-state index is 10.2. The largest absolute Gasteiger partial charge is 0.388 e. The van der Waals surface area contributed by atoms with Gasteiger partial charge in [0.1, 0.15) is 0 Å². The molecule has 2 N–H and O–H groups in total. The Balaban J connectivity index is 1.84. The molecule has 1 heterocycles. The molecule has 0 spiro atoms. The predicted molar refractivity (Wildman–Crippen MR) is 67.4 cm³/mol. The van der Waals surface area contributed by atoms with Gasteiger partial charge in [0.05, 0.1) is 5.60 Å². The van der Waals surface area contributed by atoms with Gasteiger partial charge in [-0.3, -0.25) is 0 Å². The minimum atomic E-state index is -0.632. The molecule has 1 fully saturated rings. The molecule has 0 aromatic carbocycles. The lowest BCUT2D eigenvalue weighted by Crippen LogP contribution is -2.40. The lowest BCUT2D eigenvalue weighted by molar-refractivity contribution is 0.0605. The van der Waals surface area contributed by atoms with Gasteiger partial charge in [-0.1, -0.05) is 0 Å². The zero-order valence-electron chi connectivity index (χ0n) is 8.79. The first-order valence-electron chi connectivity index (χ1n) is 5.24. The molecule has 1 aromatic heterocycles.